The number of amides is 4. The second kappa shape index (κ2) is 14.5. The molecule has 8 rings (SSSR count). The van der Waals surface area contributed by atoms with Gasteiger partial charge in [0.1, 0.15) is 30.3 Å². The quantitative estimate of drug-likeness (QED) is 0.208. The molecular weight excluding hydrogens is 688 g/mol. The summed E-state index contributed by atoms with van der Waals surface area (Å²) in [5.74, 6) is 0.226. The molecule has 3 aromatic carbocycles. The Balaban J connectivity index is 0.815. The number of piperidine rings is 1. The lowest BCUT2D eigenvalue weighted by atomic mass is 9.78. The number of benzene rings is 3. The molecule has 1 aromatic heterocycles. The zero-order valence-corrected chi connectivity index (χ0v) is 30.2. The number of anilines is 2. The third kappa shape index (κ3) is 7.11. The SMILES string of the molecule is CC(C)(c1ccc(OCc2ccnc(N3CCOCC3)n2)cc1)c1ccc(O[C@H]2C[C@@H](Nc3ccc4c(c3)C(=O)N(C3CCC(=O)NC3=O)C4=O)C2)cc1. The number of aromatic nitrogens is 2. The van der Waals surface area contributed by atoms with E-state index in [1.807, 2.05) is 30.3 Å². The van der Waals surface area contributed by atoms with Gasteiger partial charge in [0.05, 0.1) is 30.0 Å². The average Bonchev–Trinajstić information content (AvgIpc) is 3.42. The van der Waals surface area contributed by atoms with E-state index in [0.29, 0.717) is 25.8 Å². The van der Waals surface area contributed by atoms with Gasteiger partial charge in [-0.25, -0.2) is 9.97 Å². The Morgan fingerprint density at radius 1 is 0.870 bits per heavy atom. The molecule has 4 amide bonds. The number of hydrogen-bond donors (Lipinski definition) is 2. The zero-order valence-electron chi connectivity index (χ0n) is 30.2. The number of fused-ring (bicyclic) bond motifs is 1. The van der Waals surface area contributed by atoms with E-state index in [0.717, 1.165) is 64.8 Å². The third-order valence-electron chi connectivity index (χ3n) is 10.7. The van der Waals surface area contributed by atoms with E-state index in [1.165, 1.54) is 0 Å². The standard InChI is InChI=1S/C41H42N6O7/c1-41(2,25-3-8-30(9-4-25)53-24-28-15-16-42-40(44-28)46-17-19-52-20-18-46)26-5-10-31(11-6-26)54-32-21-29(22-32)43-27-7-12-33-34(23-27)39(51)47(38(33)50)35-13-14-36(48)45-37(35)49/h3-12,15-16,23,29,32,35,43H,13-14,17-22,24H2,1-2H3,(H,45,48,49)/t29-,32+,35?. The highest BCUT2D eigenvalue weighted by atomic mass is 16.5. The Morgan fingerprint density at radius 2 is 1.56 bits per heavy atom. The molecule has 0 spiro atoms. The van der Waals surface area contributed by atoms with Gasteiger partial charge in [0, 0.05) is 55.7 Å². The van der Waals surface area contributed by atoms with E-state index in [-0.39, 0.29) is 41.5 Å². The van der Waals surface area contributed by atoms with Crippen LogP contribution in [0.3, 0.4) is 0 Å². The number of imide groups is 2. The summed E-state index contributed by atoms with van der Waals surface area (Å²) in [5.41, 5.74) is 4.14. The van der Waals surface area contributed by atoms with Crippen LogP contribution >= 0.6 is 0 Å². The molecule has 4 aromatic rings. The van der Waals surface area contributed by atoms with Crippen molar-refractivity contribution in [2.24, 2.45) is 0 Å². The Kier molecular flexibility index (Phi) is 9.49. The fourth-order valence-electron chi connectivity index (χ4n) is 7.39. The second-order valence-electron chi connectivity index (χ2n) is 14.7. The van der Waals surface area contributed by atoms with Crippen molar-refractivity contribution in [2.45, 2.75) is 69.7 Å². The van der Waals surface area contributed by atoms with E-state index >= 15 is 0 Å². The summed E-state index contributed by atoms with van der Waals surface area (Å²) in [6.07, 6.45) is 3.58. The maximum Gasteiger partial charge on any atom is 0.262 e. The molecule has 13 nitrogen and oxygen atoms in total. The number of morpholine rings is 1. The number of nitrogens with one attached hydrogen (secondary N) is 2. The number of nitrogens with zero attached hydrogens (tertiary/aromatic N) is 4. The maximum atomic E-state index is 13.2. The summed E-state index contributed by atoms with van der Waals surface area (Å²) >= 11 is 0. The molecule has 1 unspecified atom stereocenters. The van der Waals surface area contributed by atoms with Gasteiger partial charge in [-0.3, -0.25) is 29.4 Å². The maximum absolute atomic E-state index is 13.2. The van der Waals surface area contributed by atoms with Gasteiger partial charge in [-0.15, -0.1) is 0 Å². The molecule has 3 aliphatic heterocycles. The summed E-state index contributed by atoms with van der Waals surface area (Å²) in [4.78, 5) is 62.3. The highest BCUT2D eigenvalue weighted by Gasteiger charge is 2.45. The van der Waals surface area contributed by atoms with E-state index in [9.17, 15) is 19.2 Å². The first-order valence-electron chi connectivity index (χ1n) is 18.4. The Hall–Kier alpha value is -5.82. The number of carbonyl (C=O) groups excluding carboxylic acids is 4. The van der Waals surface area contributed by atoms with Crippen molar-refractivity contribution in [1.29, 1.82) is 0 Å². The lowest BCUT2D eigenvalue weighted by molar-refractivity contribution is -0.136. The molecule has 13 heteroatoms. The van der Waals surface area contributed by atoms with Crippen LogP contribution in [0.4, 0.5) is 11.6 Å². The fourth-order valence-corrected chi connectivity index (χ4v) is 7.39. The van der Waals surface area contributed by atoms with Crippen LogP contribution < -0.4 is 25.0 Å². The summed E-state index contributed by atoms with van der Waals surface area (Å²) in [5, 5.41) is 5.67. The number of carbonyl (C=O) groups is 4. The van der Waals surface area contributed by atoms with Crippen LogP contribution in [0.5, 0.6) is 11.5 Å². The molecule has 278 valence electrons. The van der Waals surface area contributed by atoms with Gasteiger partial charge >= 0.3 is 0 Å². The largest absolute Gasteiger partial charge is 0.490 e. The second-order valence-corrected chi connectivity index (χ2v) is 14.7. The summed E-state index contributed by atoms with van der Waals surface area (Å²) < 4.78 is 17.8. The normalized spacial score (nSPS) is 21.3. The van der Waals surface area contributed by atoms with Crippen molar-refractivity contribution in [3.63, 3.8) is 0 Å². The van der Waals surface area contributed by atoms with Crippen LogP contribution in [-0.2, 0) is 26.3 Å². The van der Waals surface area contributed by atoms with Crippen LogP contribution in [0, 0.1) is 0 Å². The van der Waals surface area contributed by atoms with E-state index in [1.54, 1.807) is 24.4 Å². The topological polar surface area (TPSA) is 152 Å². The minimum absolute atomic E-state index is 0.0443. The van der Waals surface area contributed by atoms with E-state index in [2.05, 4.69) is 63.6 Å². The van der Waals surface area contributed by atoms with Crippen LogP contribution in [0.2, 0.25) is 0 Å². The van der Waals surface area contributed by atoms with Gasteiger partial charge in [0.25, 0.3) is 11.8 Å². The fraction of sp³-hybridized carbons (Fsp3) is 0.366. The minimum atomic E-state index is -0.986. The first-order valence-corrected chi connectivity index (χ1v) is 18.4. The Labute approximate surface area is 313 Å². The molecule has 0 bridgehead atoms. The van der Waals surface area contributed by atoms with Crippen molar-refractivity contribution < 1.29 is 33.4 Å². The van der Waals surface area contributed by atoms with Gasteiger partial charge in [-0.2, -0.15) is 0 Å². The van der Waals surface area contributed by atoms with E-state index < -0.39 is 29.7 Å². The van der Waals surface area contributed by atoms with Crippen molar-refractivity contribution in [2.75, 3.05) is 36.5 Å². The molecule has 1 aliphatic carbocycles. The predicted molar refractivity (Wildman–Crippen MR) is 199 cm³/mol. The van der Waals surface area contributed by atoms with Gasteiger partial charge in [-0.1, -0.05) is 38.1 Å². The number of rotatable bonds is 11. The van der Waals surface area contributed by atoms with Crippen molar-refractivity contribution >= 4 is 35.3 Å². The summed E-state index contributed by atoms with van der Waals surface area (Å²) in [7, 11) is 0. The molecule has 4 aliphatic rings. The highest BCUT2D eigenvalue weighted by molar-refractivity contribution is 6.23. The minimum Gasteiger partial charge on any atom is -0.490 e. The number of hydrogen-bond acceptors (Lipinski definition) is 11. The molecule has 1 saturated carbocycles. The molecule has 4 heterocycles. The van der Waals surface area contributed by atoms with Gasteiger partial charge in [0.2, 0.25) is 17.8 Å². The monoisotopic (exact) mass is 730 g/mol. The van der Waals surface area contributed by atoms with Crippen LogP contribution in [0.25, 0.3) is 0 Å². The first kappa shape index (κ1) is 35.2. The van der Waals surface area contributed by atoms with Gasteiger partial charge < -0.3 is 24.4 Å². The van der Waals surface area contributed by atoms with Crippen molar-refractivity contribution in [3.05, 3.63) is 107 Å². The molecule has 2 N–H and O–H groups in total. The number of ether oxygens (including phenoxy) is 3. The van der Waals surface area contributed by atoms with Crippen molar-refractivity contribution in [1.82, 2.24) is 20.2 Å². The van der Waals surface area contributed by atoms with Crippen LogP contribution in [-0.4, -0.2) is 83.0 Å². The van der Waals surface area contributed by atoms with Gasteiger partial charge in [-0.05, 0) is 66.1 Å². The Bertz CT molecular complexity index is 2070. The highest BCUT2D eigenvalue weighted by Crippen LogP contribution is 2.36. The van der Waals surface area contributed by atoms with E-state index in [4.69, 9.17) is 14.2 Å². The van der Waals surface area contributed by atoms with Crippen LogP contribution in [0.1, 0.15) is 77.1 Å². The molecule has 54 heavy (non-hydrogen) atoms. The lowest BCUT2D eigenvalue weighted by Gasteiger charge is -2.36. The average molecular weight is 731 g/mol. The summed E-state index contributed by atoms with van der Waals surface area (Å²) in [6, 6.07) is 22.5. The zero-order chi connectivity index (χ0) is 37.4. The Morgan fingerprint density at radius 3 is 2.26 bits per heavy atom. The molecule has 0 radical (unpaired) electrons. The molecule has 1 atom stereocenters. The first-order chi connectivity index (χ1) is 26.1. The van der Waals surface area contributed by atoms with Crippen molar-refractivity contribution in [3.8, 4) is 11.5 Å². The molecular formula is C41H42N6O7. The third-order valence-corrected chi connectivity index (χ3v) is 10.7. The lowest BCUT2D eigenvalue weighted by Crippen LogP contribution is -2.54. The smallest absolute Gasteiger partial charge is 0.262 e. The van der Waals surface area contributed by atoms with Crippen LogP contribution in [0.15, 0.2) is 79.0 Å². The molecule has 2 saturated heterocycles. The van der Waals surface area contributed by atoms with Gasteiger partial charge in [0.15, 0.2) is 0 Å². The molecule has 3 fully saturated rings. The summed E-state index contributed by atoms with van der Waals surface area (Å²) in [6.45, 7) is 7.67. The predicted octanol–water partition coefficient (Wildman–Crippen LogP) is 4.64.